The molecule has 2 fully saturated rings. The molecule has 1 heterocycles. The Bertz CT molecular complexity index is 1120. The van der Waals surface area contributed by atoms with Crippen molar-refractivity contribution in [3.8, 4) is 5.75 Å². The number of rotatable bonds is 4. The maximum Gasteiger partial charge on any atom is 0.295 e. The summed E-state index contributed by atoms with van der Waals surface area (Å²) in [5.41, 5.74) is 0.117. The molecule has 1 aliphatic carbocycles. The van der Waals surface area contributed by atoms with Crippen molar-refractivity contribution in [1.82, 2.24) is 4.90 Å². The fourth-order valence-corrected chi connectivity index (χ4v) is 4.54. The summed E-state index contributed by atoms with van der Waals surface area (Å²) in [7, 11) is 0. The second-order valence-corrected chi connectivity index (χ2v) is 8.07. The van der Waals surface area contributed by atoms with Gasteiger partial charge in [-0.05, 0) is 30.5 Å². The average molecular weight is 443 g/mol. The Morgan fingerprint density at radius 1 is 1.13 bits per heavy atom. The number of carbonyl (C=O) groups excluding carboxylic acids is 2. The molecule has 1 amide bonds. The summed E-state index contributed by atoms with van der Waals surface area (Å²) in [6, 6.07) is 8.52. The fourth-order valence-electron chi connectivity index (χ4n) is 4.35. The summed E-state index contributed by atoms with van der Waals surface area (Å²) in [5, 5.41) is 32.0. The summed E-state index contributed by atoms with van der Waals surface area (Å²) in [5.74, 6) is -2.23. The van der Waals surface area contributed by atoms with E-state index in [4.69, 9.17) is 11.6 Å². The topological polar surface area (TPSA) is 121 Å². The van der Waals surface area contributed by atoms with Gasteiger partial charge in [0.1, 0.15) is 11.5 Å². The van der Waals surface area contributed by atoms with Crippen LogP contribution >= 0.6 is 11.6 Å². The van der Waals surface area contributed by atoms with E-state index in [9.17, 15) is 29.9 Å². The fraction of sp³-hybridized carbons (Fsp3) is 0.273. The van der Waals surface area contributed by atoms with Crippen molar-refractivity contribution in [3.63, 3.8) is 0 Å². The van der Waals surface area contributed by atoms with Gasteiger partial charge in [0.25, 0.3) is 17.4 Å². The molecule has 1 unspecified atom stereocenters. The number of amides is 1. The quantitative estimate of drug-likeness (QED) is 0.239. The first-order valence-corrected chi connectivity index (χ1v) is 10.2. The Morgan fingerprint density at radius 3 is 2.48 bits per heavy atom. The Hall–Kier alpha value is -3.39. The van der Waals surface area contributed by atoms with Gasteiger partial charge in [-0.2, -0.15) is 0 Å². The van der Waals surface area contributed by atoms with Crippen LogP contribution in [-0.4, -0.2) is 37.8 Å². The van der Waals surface area contributed by atoms with Gasteiger partial charge >= 0.3 is 0 Å². The highest BCUT2D eigenvalue weighted by Crippen LogP contribution is 2.44. The third-order valence-corrected chi connectivity index (χ3v) is 6.12. The molecule has 8 nitrogen and oxygen atoms in total. The molecule has 0 aromatic heterocycles. The molecule has 1 saturated carbocycles. The number of halogens is 1. The van der Waals surface area contributed by atoms with Crippen molar-refractivity contribution in [1.29, 1.82) is 0 Å². The largest absolute Gasteiger partial charge is 0.507 e. The molecular formula is C22H19ClN2O6. The van der Waals surface area contributed by atoms with Gasteiger partial charge in [0, 0.05) is 23.7 Å². The van der Waals surface area contributed by atoms with Crippen LogP contribution in [0.2, 0.25) is 5.02 Å². The van der Waals surface area contributed by atoms with Crippen molar-refractivity contribution in [3.05, 3.63) is 74.3 Å². The summed E-state index contributed by atoms with van der Waals surface area (Å²) in [6.45, 7) is 0. The minimum atomic E-state index is -0.916. The standard InChI is InChI=1S/C22H19ClN2O6/c23-16-11-12(8-9-17(16)26)19-18(20(27)13-4-3-7-15(10-13)25(30)31)21(28)22(29)24(19)14-5-1-2-6-14/h3-4,7-11,14,19,26-27H,1-2,5-6H2/b20-18-. The second kappa shape index (κ2) is 8.03. The molecule has 1 aliphatic heterocycles. The molecule has 9 heteroatoms. The lowest BCUT2D eigenvalue weighted by Gasteiger charge is -2.30. The van der Waals surface area contributed by atoms with Crippen molar-refractivity contribution in [2.24, 2.45) is 0 Å². The summed E-state index contributed by atoms with van der Waals surface area (Å²) >= 11 is 6.08. The summed E-state index contributed by atoms with van der Waals surface area (Å²) < 4.78 is 0. The van der Waals surface area contributed by atoms with Gasteiger partial charge in [0.05, 0.1) is 21.6 Å². The molecule has 0 bridgehead atoms. The van der Waals surface area contributed by atoms with Crippen molar-refractivity contribution in [2.45, 2.75) is 37.8 Å². The molecular weight excluding hydrogens is 424 g/mol. The van der Waals surface area contributed by atoms with E-state index < -0.39 is 28.4 Å². The van der Waals surface area contributed by atoms with Gasteiger partial charge in [-0.3, -0.25) is 19.7 Å². The summed E-state index contributed by atoms with van der Waals surface area (Å²) in [6.07, 6.45) is 3.29. The number of aromatic hydroxyl groups is 1. The van der Waals surface area contributed by atoms with Crippen molar-refractivity contribution in [2.75, 3.05) is 0 Å². The SMILES string of the molecule is O=C1C(=O)N(C2CCCC2)C(c2ccc(O)c(Cl)c2)/C1=C(/O)c1cccc([N+](=O)[O-])c1. The molecule has 2 aromatic rings. The number of hydrogen-bond acceptors (Lipinski definition) is 6. The van der Waals surface area contributed by atoms with Crippen LogP contribution in [-0.2, 0) is 9.59 Å². The number of aliphatic hydroxyl groups excluding tert-OH is 1. The first kappa shape index (κ1) is 20.9. The highest BCUT2D eigenvalue weighted by molar-refractivity contribution is 6.46. The third kappa shape index (κ3) is 3.63. The monoisotopic (exact) mass is 442 g/mol. The highest BCUT2D eigenvalue weighted by Gasteiger charge is 2.49. The predicted octanol–water partition coefficient (Wildman–Crippen LogP) is 4.32. The van der Waals surface area contributed by atoms with Crippen LogP contribution in [0, 0.1) is 10.1 Å². The minimum Gasteiger partial charge on any atom is -0.507 e. The lowest BCUT2D eigenvalue weighted by Crippen LogP contribution is -2.37. The molecule has 0 radical (unpaired) electrons. The van der Waals surface area contributed by atoms with E-state index in [0.717, 1.165) is 31.7 Å². The lowest BCUT2D eigenvalue weighted by molar-refractivity contribution is -0.384. The van der Waals surface area contributed by atoms with Gasteiger partial charge < -0.3 is 15.1 Å². The Balaban J connectivity index is 1.91. The van der Waals surface area contributed by atoms with Crippen LogP contribution in [0.25, 0.3) is 5.76 Å². The van der Waals surface area contributed by atoms with Crippen molar-refractivity contribution < 1.29 is 24.7 Å². The number of hydrogen-bond donors (Lipinski definition) is 2. The van der Waals surface area contributed by atoms with E-state index in [1.54, 1.807) is 6.07 Å². The maximum absolute atomic E-state index is 13.0. The number of phenolic OH excluding ortho intramolecular Hbond substituents is 1. The van der Waals surface area contributed by atoms with Gasteiger partial charge in [0.15, 0.2) is 0 Å². The molecule has 2 aliphatic rings. The number of non-ortho nitro benzene ring substituents is 1. The van der Waals surface area contributed by atoms with Gasteiger partial charge in [-0.15, -0.1) is 0 Å². The Kier molecular flexibility index (Phi) is 5.41. The minimum absolute atomic E-state index is 0.0462. The van der Waals surface area contributed by atoms with Gasteiger partial charge in [-0.25, -0.2) is 0 Å². The van der Waals surface area contributed by atoms with Crippen LogP contribution in [0.1, 0.15) is 42.9 Å². The van der Waals surface area contributed by atoms with E-state index >= 15 is 0 Å². The molecule has 4 rings (SSSR count). The highest BCUT2D eigenvalue weighted by atomic mass is 35.5. The molecule has 0 spiro atoms. The lowest BCUT2D eigenvalue weighted by atomic mass is 9.94. The number of nitro benzene ring substituents is 1. The van der Waals surface area contributed by atoms with Crippen LogP contribution in [0.5, 0.6) is 5.75 Å². The molecule has 2 N–H and O–H groups in total. The zero-order chi connectivity index (χ0) is 22.3. The Morgan fingerprint density at radius 2 is 1.84 bits per heavy atom. The van der Waals surface area contributed by atoms with E-state index in [-0.39, 0.29) is 33.6 Å². The average Bonchev–Trinajstić information content (AvgIpc) is 3.37. The number of nitrogens with zero attached hydrogens (tertiary/aromatic N) is 2. The van der Waals surface area contributed by atoms with Crippen LogP contribution < -0.4 is 0 Å². The number of likely N-dealkylation sites (tertiary alicyclic amines) is 1. The number of ketones is 1. The zero-order valence-electron chi connectivity index (χ0n) is 16.3. The zero-order valence-corrected chi connectivity index (χ0v) is 17.1. The first-order valence-electron chi connectivity index (χ1n) is 9.83. The number of nitro groups is 1. The number of aliphatic hydroxyl groups is 1. The molecule has 160 valence electrons. The molecule has 2 aromatic carbocycles. The normalized spacial score (nSPS) is 21.1. The van der Waals surface area contributed by atoms with E-state index in [1.165, 1.54) is 35.2 Å². The number of benzene rings is 2. The van der Waals surface area contributed by atoms with E-state index in [1.807, 2.05) is 0 Å². The van der Waals surface area contributed by atoms with Crippen LogP contribution in [0.15, 0.2) is 48.0 Å². The number of phenols is 1. The first-order chi connectivity index (χ1) is 14.8. The maximum atomic E-state index is 13.0. The van der Waals surface area contributed by atoms with Gasteiger partial charge in [-0.1, -0.05) is 42.6 Å². The number of Topliss-reactive ketones (excluding diaryl/α,β-unsaturated/α-hetero) is 1. The smallest absolute Gasteiger partial charge is 0.295 e. The van der Waals surface area contributed by atoms with Gasteiger partial charge in [0.2, 0.25) is 0 Å². The second-order valence-electron chi connectivity index (χ2n) is 7.66. The van der Waals surface area contributed by atoms with Crippen molar-refractivity contribution >= 4 is 34.7 Å². The number of carbonyl (C=O) groups is 2. The van der Waals surface area contributed by atoms with Crippen LogP contribution in [0.4, 0.5) is 5.69 Å². The molecule has 1 saturated heterocycles. The van der Waals surface area contributed by atoms with Crippen LogP contribution in [0.3, 0.4) is 0 Å². The van der Waals surface area contributed by atoms with E-state index in [0.29, 0.717) is 5.56 Å². The molecule has 1 atom stereocenters. The van der Waals surface area contributed by atoms with E-state index in [2.05, 4.69) is 0 Å². The predicted molar refractivity (Wildman–Crippen MR) is 113 cm³/mol. The summed E-state index contributed by atoms with van der Waals surface area (Å²) in [4.78, 5) is 38.0. The third-order valence-electron chi connectivity index (χ3n) is 5.82. The Labute approximate surface area is 182 Å². The molecule has 31 heavy (non-hydrogen) atoms.